The molecule has 19 heavy (non-hydrogen) atoms. The smallest absolute Gasteiger partial charge is 0.335 e. The van der Waals surface area contributed by atoms with E-state index in [0.717, 1.165) is 6.92 Å². The number of carboxylic acid groups (broad SMARTS) is 1. The van der Waals surface area contributed by atoms with Crippen LogP contribution < -0.4 is 10.6 Å². The Morgan fingerprint density at radius 3 is 1.89 bits per heavy atom. The number of amides is 2. The molecule has 9 nitrogen and oxygen atoms in total. The molecule has 0 aliphatic carbocycles. The van der Waals surface area contributed by atoms with Crippen LogP contribution in [0, 0.1) is 0 Å². The molecule has 9 heteroatoms. The van der Waals surface area contributed by atoms with Gasteiger partial charge in [-0.25, -0.2) is 4.79 Å². The zero-order valence-electron chi connectivity index (χ0n) is 10.4. The van der Waals surface area contributed by atoms with Crippen molar-refractivity contribution < 1.29 is 34.4 Å². The molecule has 0 unspecified atom stereocenters. The van der Waals surface area contributed by atoms with Gasteiger partial charge in [-0.2, -0.15) is 0 Å². The van der Waals surface area contributed by atoms with E-state index < -0.39 is 48.4 Å². The van der Waals surface area contributed by atoms with Crippen LogP contribution >= 0.6 is 0 Å². The summed E-state index contributed by atoms with van der Waals surface area (Å²) >= 11 is 0. The Labute approximate surface area is 108 Å². The number of aliphatic carboxylic acids is 1. The first kappa shape index (κ1) is 15.3. The molecule has 0 bridgehead atoms. The SMILES string of the molecule is CC(=O)N[C@@H]1[C@@H](O)[C@H](C(=O)O)O[C@H](O)[C@H]1NC(C)=O. The zero-order valence-corrected chi connectivity index (χ0v) is 10.4. The molecule has 0 radical (unpaired) electrons. The predicted molar refractivity (Wildman–Crippen MR) is 59.7 cm³/mol. The lowest BCUT2D eigenvalue weighted by atomic mass is 9.93. The summed E-state index contributed by atoms with van der Waals surface area (Å²) in [7, 11) is 0. The fourth-order valence-corrected chi connectivity index (χ4v) is 1.90. The summed E-state index contributed by atoms with van der Waals surface area (Å²) in [6.45, 7) is 2.34. The van der Waals surface area contributed by atoms with Crippen molar-refractivity contribution in [3.63, 3.8) is 0 Å². The van der Waals surface area contributed by atoms with Crippen LogP contribution in [0.2, 0.25) is 0 Å². The number of hydrogen-bond donors (Lipinski definition) is 5. The summed E-state index contributed by atoms with van der Waals surface area (Å²) in [5.41, 5.74) is 0. The highest BCUT2D eigenvalue weighted by atomic mass is 16.6. The average Bonchev–Trinajstić information content (AvgIpc) is 2.26. The van der Waals surface area contributed by atoms with Crippen LogP contribution in [-0.2, 0) is 19.1 Å². The van der Waals surface area contributed by atoms with E-state index in [1.807, 2.05) is 0 Å². The molecule has 1 aliphatic rings. The Kier molecular flexibility index (Phi) is 4.81. The Morgan fingerprint density at radius 1 is 1.00 bits per heavy atom. The monoisotopic (exact) mass is 276 g/mol. The molecule has 1 aliphatic heterocycles. The molecule has 108 valence electrons. The number of ether oxygens (including phenoxy) is 1. The average molecular weight is 276 g/mol. The number of carboxylic acids is 1. The third-order valence-electron chi connectivity index (χ3n) is 2.64. The van der Waals surface area contributed by atoms with Crippen LogP contribution in [0.5, 0.6) is 0 Å². The van der Waals surface area contributed by atoms with Crippen molar-refractivity contribution in [2.24, 2.45) is 0 Å². The molecule has 0 saturated carbocycles. The first-order valence-electron chi connectivity index (χ1n) is 5.52. The minimum absolute atomic E-state index is 0.524. The molecule has 1 rings (SSSR count). The van der Waals surface area contributed by atoms with Crippen molar-refractivity contribution in [1.82, 2.24) is 10.6 Å². The summed E-state index contributed by atoms with van der Waals surface area (Å²) in [6.07, 6.45) is -4.97. The van der Waals surface area contributed by atoms with Gasteiger partial charge in [0.1, 0.15) is 12.1 Å². The maximum absolute atomic E-state index is 11.1. The van der Waals surface area contributed by atoms with Gasteiger partial charge in [0, 0.05) is 13.8 Å². The number of carbonyl (C=O) groups excluding carboxylic acids is 2. The van der Waals surface area contributed by atoms with Gasteiger partial charge in [-0.05, 0) is 0 Å². The molecule has 0 aromatic heterocycles. The quantitative estimate of drug-likeness (QED) is 0.373. The maximum Gasteiger partial charge on any atom is 0.335 e. The van der Waals surface area contributed by atoms with Gasteiger partial charge in [0.05, 0.1) is 6.04 Å². The number of aliphatic hydroxyl groups is 2. The highest BCUT2D eigenvalue weighted by Crippen LogP contribution is 2.20. The number of carbonyl (C=O) groups is 3. The number of aliphatic hydroxyl groups excluding tert-OH is 2. The Hall–Kier alpha value is -1.71. The van der Waals surface area contributed by atoms with Crippen LogP contribution in [0.3, 0.4) is 0 Å². The van der Waals surface area contributed by atoms with Crippen molar-refractivity contribution >= 4 is 17.8 Å². The van der Waals surface area contributed by atoms with Crippen LogP contribution in [0.15, 0.2) is 0 Å². The number of rotatable bonds is 3. The fourth-order valence-electron chi connectivity index (χ4n) is 1.90. The normalized spacial score (nSPS) is 34.4. The minimum Gasteiger partial charge on any atom is -0.479 e. The molecule has 5 N–H and O–H groups in total. The third kappa shape index (κ3) is 3.63. The van der Waals surface area contributed by atoms with E-state index >= 15 is 0 Å². The van der Waals surface area contributed by atoms with Crippen molar-refractivity contribution in [2.45, 2.75) is 44.4 Å². The summed E-state index contributed by atoms with van der Waals surface area (Å²) in [6, 6.07) is -2.32. The molecule has 1 saturated heterocycles. The molecule has 0 aromatic rings. The van der Waals surface area contributed by atoms with Crippen LogP contribution in [0.4, 0.5) is 0 Å². The van der Waals surface area contributed by atoms with E-state index in [1.54, 1.807) is 0 Å². The topological polar surface area (TPSA) is 145 Å². The fraction of sp³-hybridized carbons (Fsp3) is 0.700. The maximum atomic E-state index is 11.1. The molecule has 0 aromatic carbocycles. The standard InChI is InChI=1S/C10H16N2O7/c1-3(13)11-5-6(12-4(2)14)10(18)19-8(7(5)15)9(16)17/h5-8,10,15,18H,1-2H3,(H,11,13)(H,12,14)(H,16,17)/t5-,6-,7+,8+,10-/m0/s1. The largest absolute Gasteiger partial charge is 0.479 e. The van der Waals surface area contributed by atoms with Gasteiger partial charge in [-0.1, -0.05) is 0 Å². The van der Waals surface area contributed by atoms with E-state index in [2.05, 4.69) is 10.6 Å². The van der Waals surface area contributed by atoms with E-state index in [4.69, 9.17) is 9.84 Å². The van der Waals surface area contributed by atoms with Gasteiger partial charge >= 0.3 is 5.97 Å². The lowest BCUT2D eigenvalue weighted by Gasteiger charge is -2.41. The van der Waals surface area contributed by atoms with Crippen LogP contribution in [0.25, 0.3) is 0 Å². The van der Waals surface area contributed by atoms with Gasteiger partial charge in [-0.3, -0.25) is 9.59 Å². The van der Waals surface area contributed by atoms with Gasteiger partial charge in [0.15, 0.2) is 12.4 Å². The van der Waals surface area contributed by atoms with E-state index in [9.17, 15) is 24.6 Å². The lowest BCUT2D eigenvalue weighted by Crippen LogP contribution is -2.69. The number of hydrogen-bond acceptors (Lipinski definition) is 6. The lowest BCUT2D eigenvalue weighted by molar-refractivity contribution is -0.229. The van der Waals surface area contributed by atoms with Crippen LogP contribution in [-0.4, -0.2) is 63.7 Å². The van der Waals surface area contributed by atoms with E-state index in [1.165, 1.54) is 6.92 Å². The van der Waals surface area contributed by atoms with Crippen LogP contribution in [0.1, 0.15) is 13.8 Å². The zero-order chi connectivity index (χ0) is 14.7. The van der Waals surface area contributed by atoms with Gasteiger partial charge in [0.25, 0.3) is 0 Å². The summed E-state index contributed by atoms with van der Waals surface area (Å²) < 4.78 is 4.73. The minimum atomic E-state index is -1.70. The van der Waals surface area contributed by atoms with Gasteiger partial charge in [-0.15, -0.1) is 0 Å². The summed E-state index contributed by atoms with van der Waals surface area (Å²) in [4.78, 5) is 33.0. The van der Waals surface area contributed by atoms with E-state index in [-0.39, 0.29) is 0 Å². The molecule has 1 fully saturated rings. The first-order valence-corrected chi connectivity index (χ1v) is 5.52. The second-order valence-electron chi connectivity index (χ2n) is 4.23. The molecular weight excluding hydrogens is 260 g/mol. The van der Waals surface area contributed by atoms with Crippen molar-refractivity contribution in [3.05, 3.63) is 0 Å². The highest BCUT2D eigenvalue weighted by molar-refractivity contribution is 5.77. The first-order chi connectivity index (χ1) is 8.73. The second kappa shape index (κ2) is 5.95. The molecule has 2 amide bonds. The summed E-state index contributed by atoms with van der Waals surface area (Å²) in [5, 5.41) is 33.0. The van der Waals surface area contributed by atoms with Gasteiger partial charge in [0.2, 0.25) is 11.8 Å². The highest BCUT2D eigenvalue weighted by Gasteiger charge is 2.48. The Balaban J connectivity index is 2.98. The molecule has 1 heterocycles. The Morgan fingerprint density at radius 2 is 1.47 bits per heavy atom. The molecular formula is C10H16N2O7. The summed E-state index contributed by atoms with van der Waals surface area (Å²) in [5.74, 6) is -2.55. The van der Waals surface area contributed by atoms with Gasteiger partial charge < -0.3 is 30.7 Å². The number of nitrogens with one attached hydrogen (secondary N) is 2. The third-order valence-corrected chi connectivity index (χ3v) is 2.64. The van der Waals surface area contributed by atoms with E-state index in [0.29, 0.717) is 0 Å². The molecule has 5 atom stereocenters. The Bertz CT molecular complexity index is 386. The second-order valence-corrected chi connectivity index (χ2v) is 4.23. The predicted octanol–water partition coefficient (Wildman–Crippen LogP) is -2.84. The van der Waals surface area contributed by atoms with Crippen molar-refractivity contribution in [1.29, 1.82) is 0 Å². The molecule has 0 spiro atoms. The van der Waals surface area contributed by atoms with Crippen molar-refractivity contribution in [2.75, 3.05) is 0 Å². The van der Waals surface area contributed by atoms with Crippen molar-refractivity contribution in [3.8, 4) is 0 Å².